The van der Waals surface area contributed by atoms with Crippen molar-refractivity contribution in [3.8, 4) is 0 Å². The highest BCUT2D eigenvalue weighted by atomic mass is 16.1. The van der Waals surface area contributed by atoms with Crippen molar-refractivity contribution in [2.24, 2.45) is 5.73 Å². The summed E-state index contributed by atoms with van der Waals surface area (Å²) >= 11 is 0. The Morgan fingerprint density at radius 3 is 2.88 bits per heavy atom. The molecule has 0 aliphatic rings. The first-order chi connectivity index (χ1) is 7.67. The van der Waals surface area contributed by atoms with Crippen LogP contribution in [0.15, 0.2) is 31.0 Å². The Bertz CT molecular complexity index is 567. The molecule has 1 aromatic carbocycles. The van der Waals surface area contributed by atoms with Crippen LogP contribution in [0.5, 0.6) is 0 Å². The van der Waals surface area contributed by atoms with Gasteiger partial charge in [0.15, 0.2) is 0 Å². The van der Waals surface area contributed by atoms with Crippen molar-refractivity contribution in [1.82, 2.24) is 4.57 Å². The average molecular weight is 214 g/mol. The third kappa shape index (κ3) is 1.50. The van der Waals surface area contributed by atoms with Crippen molar-refractivity contribution in [2.45, 2.75) is 13.5 Å². The van der Waals surface area contributed by atoms with E-state index in [1.807, 2.05) is 18.3 Å². The van der Waals surface area contributed by atoms with Gasteiger partial charge < -0.3 is 10.3 Å². The lowest BCUT2D eigenvalue weighted by Crippen LogP contribution is -2.11. The van der Waals surface area contributed by atoms with Crippen LogP contribution < -0.4 is 5.73 Å². The number of carbonyl (C=O) groups excluding carboxylic acids is 1. The molecule has 0 saturated heterocycles. The number of rotatable bonds is 3. The van der Waals surface area contributed by atoms with Crippen LogP contribution in [0.25, 0.3) is 17.0 Å². The predicted molar refractivity (Wildman–Crippen MR) is 66.2 cm³/mol. The highest BCUT2D eigenvalue weighted by Crippen LogP contribution is 2.23. The van der Waals surface area contributed by atoms with E-state index in [2.05, 4.69) is 18.1 Å². The molecule has 0 fully saturated rings. The van der Waals surface area contributed by atoms with E-state index in [1.54, 1.807) is 12.1 Å². The summed E-state index contributed by atoms with van der Waals surface area (Å²) < 4.78 is 2.08. The number of amides is 1. The largest absolute Gasteiger partial charge is 0.366 e. The lowest BCUT2D eigenvalue weighted by Gasteiger charge is -2.05. The van der Waals surface area contributed by atoms with E-state index in [9.17, 15) is 4.79 Å². The standard InChI is InChI=1S/C13H14N2O/c1-3-9-7-11(13(14)16)10-5-6-15(4-2)12(10)8-9/h3,5-8H,1,4H2,2H3,(H2,14,16). The maximum Gasteiger partial charge on any atom is 0.249 e. The van der Waals surface area contributed by atoms with Gasteiger partial charge in [0.2, 0.25) is 5.91 Å². The maximum absolute atomic E-state index is 11.4. The molecule has 2 aromatic rings. The number of hydrogen-bond acceptors (Lipinski definition) is 1. The van der Waals surface area contributed by atoms with E-state index in [0.717, 1.165) is 23.0 Å². The number of benzene rings is 1. The molecule has 1 heterocycles. The number of primary amides is 1. The van der Waals surface area contributed by atoms with Crippen molar-refractivity contribution in [3.05, 3.63) is 42.1 Å². The molecule has 2 N–H and O–H groups in total. The second-order valence-electron chi connectivity index (χ2n) is 3.67. The summed E-state index contributed by atoms with van der Waals surface area (Å²) in [6.07, 6.45) is 3.68. The zero-order chi connectivity index (χ0) is 11.7. The summed E-state index contributed by atoms with van der Waals surface area (Å²) in [4.78, 5) is 11.4. The molecule has 0 aliphatic heterocycles. The van der Waals surface area contributed by atoms with Gasteiger partial charge in [-0.25, -0.2) is 0 Å². The maximum atomic E-state index is 11.4. The van der Waals surface area contributed by atoms with Crippen LogP contribution in [-0.4, -0.2) is 10.5 Å². The third-order valence-corrected chi connectivity index (χ3v) is 2.75. The normalized spacial score (nSPS) is 10.6. The van der Waals surface area contributed by atoms with E-state index in [1.165, 1.54) is 0 Å². The molecule has 0 atom stereocenters. The molecule has 2 rings (SSSR count). The second kappa shape index (κ2) is 3.85. The minimum absolute atomic E-state index is 0.400. The summed E-state index contributed by atoms with van der Waals surface area (Å²) in [5.41, 5.74) is 7.86. The van der Waals surface area contributed by atoms with Gasteiger partial charge in [-0.15, -0.1) is 0 Å². The number of hydrogen-bond donors (Lipinski definition) is 1. The van der Waals surface area contributed by atoms with Gasteiger partial charge in [-0.2, -0.15) is 0 Å². The minimum atomic E-state index is -0.400. The minimum Gasteiger partial charge on any atom is -0.366 e. The van der Waals surface area contributed by atoms with E-state index >= 15 is 0 Å². The number of nitrogens with zero attached hydrogens (tertiary/aromatic N) is 1. The summed E-state index contributed by atoms with van der Waals surface area (Å²) in [6, 6.07) is 5.71. The van der Waals surface area contributed by atoms with Crippen LogP contribution in [-0.2, 0) is 6.54 Å². The Hall–Kier alpha value is -2.03. The van der Waals surface area contributed by atoms with E-state index in [0.29, 0.717) is 5.56 Å². The first-order valence-electron chi connectivity index (χ1n) is 5.22. The Kier molecular flexibility index (Phi) is 2.52. The fraction of sp³-hybridized carbons (Fsp3) is 0.154. The molecule has 0 unspecified atom stereocenters. The lowest BCUT2D eigenvalue weighted by molar-refractivity contribution is 0.100. The van der Waals surface area contributed by atoms with Gasteiger partial charge in [0, 0.05) is 29.2 Å². The molecule has 0 radical (unpaired) electrons. The SMILES string of the molecule is C=Cc1cc(C(N)=O)c2ccn(CC)c2c1. The molecule has 0 aliphatic carbocycles. The Labute approximate surface area is 94.2 Å². The zero-order valence-electron chi connectivity index (χ0n) is 9.23. The molecule has 0 saturated carbocycles. The Balaban J connectivity index is 2.83. The number of carbonyl (C=O) groups is 1. The summed E-state index contributed by atoms with van der Waals surface area (Å²) in [7, 11) is 0. The molecule has 0 spiro atoms. The fourth-order valence-corrected chi connectivity index (χ4v) is 1.91. The first kappa shape index (κ1) is 10.5. The van der Waals surface area contributed by atoms with Gasteiger partial charge in [0.05, 0.1) is 0 Å². The first-order valence-corrected chi connectivity index (χ1v) is 5.22. The van der Waals surface area contributed by atoms with Gasteiger partial charge in [-0.3, -0.25) is 4.79 Å². The molecular formula is C13H14N2O. The number of aromatic nitrogens is 1. The molecule has 0 bridgehead atoms. The van der Waals surface area contributed by atoms with Gasteiger partial charge >= 0.3 is 0 Å². The van der Waals surface area contributed by atoms with Gasteiger partial charge in [0.25, 0.3) is 0 Å². The summed E-state index contributed by atoms with van der Waals surface area (Å²) in [5.74, 6) is -0.400. The smallest absolute Gasteiger partial charge is 0.249 e. The van der Waals surface area contributed by atoms with Crippen LogP contribution >= 0.6 is 0 Å². The van der Waals surface area contributed by atoms with Gasteiger partial charge in [-0.05, 0) is 30.7 Å². The van der Waals surface area contributed by atoms with E-state index in [-0.39, 0.29) is 0 Å². The van der Waals surface area contributed by atoms with Crippen LogP contribution in [0, 0.1) is 0 Å². The van der Waals surface area contributed by atoms with Crippen LogP contribution in [0.1, 0.15) is 22.8 Å². The van der Waals surface area contributed by atoms with Crippen LogP contribution in [0.3, 0.4) is 0 Å². The van der Waals surface area contributed by atoms with E-state index < -0.39 is 5.91 Å². The summed E-state index contributed by atoms with van der Waals surface area (Å²) in [6.45, 7) is 6.64. The second-order valence-corrected chi connectivity index (χ2v) is 3.67. The average Bonchev–Trinajstić information content (AvgIpc) is 2.69. The Morgan fingerprint density at radius 2 is 2.31 bits per heavy atom. The third-order valence-electron chi connectivity index (χ3n) is 2.75. The van der Waals surface area contributed by atoms with Gasteiger partial charge in [0.1, 0.15) is 0 Å². The highest BCUT2D eigenvalue weighted by molar-refractivity contribution is 6.06. The number of nitrogens with two attached hydrogens (primary N) is 1. The predicted octanol–water partition coefficient (Wildman–Crippen LogP) is 2.40. The molecule has 1 aromatic heterocycles. The topological polar surface area (TPSA) is 48.0 Å². The quantitative estimate of drug-likeness (QED) is 0.838. The molecule has 16 heavy (non-hydrogen) atoms. The van der Waals surface area contributed by atoms with Crippen molar-refractivity contribution in [3.63, 3.8) is 0 Å². The molecule has 1 amide bonds. The number of fused-ring (bicyclic) bond motifs is 1. The van der Waals surface area contributed by atoms with Crippen molar-refractivity contribution in [2.75, 3.05) is 0 Å². The van der Waals surface area contributed by atoms with Gasteiger partial charge in [-0.1, -0.05) is 12.7 Å². The van der Waals surface area contributed by atoms with Crippen molar-refractivity contribution >= 4 is 22.9 Å². The van der Waals surface area contributed by atoms with E-state index in [4.69, 9.17) is 5.73 Å². The highest BCUT2D eigenvalue weighted by Gasteiger charge is 2.10. The Morgan fingerprint density at radius 1 is 1.56 bits per heavy atom. The van der Waals surface area contributed by atoms with Crippen molar-refractivity contribution in [1.29, 1.82) is 0 Å². The van der Waals surface area contributed by atoms with Crippen LogP contribution in [0.4, 0.5) is 0 Å². The molecule has 3 nitrogen and oxygen atoms in total. The summed E-state index contributed by atoms with van der Waals surface area (Å²) in [5, 5.41) is 0.903. The van der Waals surface area contributed by atoms with Crippen molar-refractivity contribution < 1.29 is 4.79 Å². The van der Waals surface area contributed by atoms with Crippen LogP contribution in [0.2, 0.25) is 0 Å². The zero-order valence-corrected chi connectivity index (χ0v) is 9.23. The molecular weight excluding hydrogens is 200 g/mol. The molecule has 3 heteroatoms. The lowest BCUT2D eigenvalue weighted by atomic mass is 10.1. The monoisotopic (exact) mass is 214 g/mol. The fourth-order valence-electron chi connectivity index (χ4n) is 1.91. The molecule has 82 valence electrons. The number of aryl methyl sites for hydroxylation is 1.